The van der Waals surface area contributed by atoms with Gasteiger partial charge in [-0.15, -0.1) is 0 Å². The van der Waals surface area contributed by atoms with Crippen LogP contribution in [0, 0.1) is 11.7 Å². The molecule has 1 atom stereocenters. The zero-order valence-corrected chi connectivity index (χ0v) is 20.7. The Morgan fingerprint density at radius 1 is 1.29 bits per heavy atom. The van der Waals surface area contributed by atoms with Crippen molar-refractivity contribution in [2.75, 3.05) is 42.3 Å². The number of ether oxygens (including phenoxy) is 1. The maximum Gasteiger partial charge on any atom is 0.435 e. The molecule has 1 saturated heterocycles. The Labute approximate surface area is 199 Å². The lowest BCUT2D eigenvalue weighted by Crippen LogP contribution is -2.55. The molecule has 188 valence electrons. The van der Waals surface area contributed by atoms with Gasteiger partial charge in [0.15, 0.2) is 20.7 Å². The predicted octanol–water partition coefficient (Wildman–Crippen LogP) is 4.23. The van der Waals surface area contributed by atoms with Gasteiger partial charge in [0.2, 0.25) is 0 Å². The van der Waals surface area contributed by atoms with E-state index < -0.39 is 43.3 Å². The van der Waals surface area contributed by atoms with Crippen molar-refractivity contribution in [3.8, 4) is 0 Å². The quantitative estimate of drug-likeness (QED) is 0.414. The molecule has 2 heterocycles. The van der Waals surface area contributed by atoms with Crippen molar-refractivity contribution < 1.29 is 35.5 Å². The van der Waals surface area contributed by atoms with E-state index in [1.165, 1.54) is 19.1 Å². The second-order valence-electron chi connectivity index (χ2n) is 8.23. The van der Waals surface area contributed by atoms with E-state index >= 15 is 0 Å². The van der Waals surface area contributed by atoms with Gasteiger partial charge in [0.05, 0.1) is 12.6 Å². The molecule has 0 spiro atoms. The number of rotatable bonds is 6. The normalized spacial score (nSPS) is 17.4. The first-order valence-electron chi connectivity index (χ1n) is 10.5. The van der Waals surface area contributed by atoms with E-state index in [0.717, 1.165) is 12.3 Å². The number of thiazole rings is 1. The summed E-state index contributed by atoms with van der Waals surface area (Å²) in [7, 11) is -3.78. The van der Waals surface area contributed by atoms with Crippen molar-refractivity contribution in [2.24, 2.45) is 5.92 Å². The van der Waals surface area contributed by atoms with Gasteiger partial charge in [-0.1, -0.05) is 25.2 Å². The van der Waals surface area contributed by atoms with Crippen LogP contribution in [0.3, 0.4) is 0 Å². The number of halogens is 4. The number of hydrogen-bond acceptors (Lipinski definition) is 8. The standard InChI is InChI=1S/C21H25F4N3O4S2/c1-5-32-19(29)17-18(21(23,24)25)26-20(33-17)28-9-8-27(11-15(28)12(2)3)13-6-7-14(22)16(10-13)34(4,30)31/h6-7,10,12,15H,5,8-9,11H2,1-4H3/t15-/m0/s1. The van der Waals surface area contributed by atoms with Crippen LogP contribution < -0.4 is 9.80 Å². The van der Waals surface area contributed by atoms with E-state index in [-0.39, 0.29) is 30.2 Å². The van der Waals surface area contributed by atoms with E-state index in [2.05, 4.69) is 4.98 Å². The third-order valence-electron chi connectivity index (χ3n) is 5.46. The summed E-state index contributed by atoms with van der Waals surface area (Å²) in [6, 6.07) is 3.52. The largest absolute Gasteiger partial charge is 0.462 e. The van der Waals surface area contributed by atoms with Crippen LogP contribution in [0.15, 0.2) is 23.1 Å². The highest BCUT2D eigenvalue weighted by atomic mass is 32.2. The second-order valence-corrected chi connectivity index (χ2v) is 11.2. The Balaban J connectivity index is 1.95. The number of alkyl halides is 3. The molecule has 1 aliphatic rings. The summed E-state index contributed by atoms with van der Waals surface area (Å²) < 4.78 is 83.3. The van der Waals surface area contributed by atoms with Crippen LogP contribution in [-0.2, 0) is 20.8 Å². The number of hydrogen-bond donors (Lipinski definition) is 0. The fourth-order valence-corrected chi connectivity index (χ4v) is 5.61. The van der Waals surface area contributed by atoms with Gasteiger partial charge in [-0.3, -0.25) is 0 Å². The van der Waals surface area contributed by atoms with Gasteiger partial charge in [0.1, 0.15) is 15.6 Å². The predicted molar refractivity (Wildman–Crippen MR) is 121 cm³/mol. The first kappa shape index (κ1) is 26.2. The Hall–Kier alpha value is -2.41. The Morgan fingerprint density at radius 3 is 2.53 bits per heavy atom. The van der Waals surface area contributed by atoms with E-state index in [0.29, 0.717) is 30.1 Å². The molecule has 34 heavy (non-hydrogen) atoms. The second kappa shape index (κ2) is 9.68. The highest BCUT2D eigenvalue weighted by Gasteiger charge is 2.42. The molecule has 0 unspecified atom stereocenters. The number of piperazine rings is 1. The SMILES string of the molecule is CCOC(=O)c1sc(N2CCN(c3ccc(F)c(S(C)(=O)=O)c3)C[C@H]2C(C)C)nc1C(F)(F)F. The number of benzene rings is 1. The smallest absolute Gasteiger partial charge is 0.435 e. The number of sulfone groups is 1. The van der Waals surface area contributed by atoms with E-state index in [9.17, 15) is 30.8 Å². The van der Waals surface area contributed by atoms with E-state index in [4.69, 9.17) is 4.74 Å². The van der Waals surface area contributed by atoms with Gasteiger partial charge in [0.25, 0.3) is 0 Å². The van der Waals surface area contributed by atoms with Crippen LogP contribution in [0.1, 0.15) is 36.1 Å². The summed E-state index contributed by atoms with van der Waals surface area (Å²) >= 11 is 0.640. The van der Waals surface area contributed by atoms with Gasteiger partial charge in [-0.05, 0) is 31.0 Å². The molecule has 1 aromatic carbocycles. The number of esters is 1. The molecule has 0 aliphatic carbocycles. The van der Waals surface area contributed by atoms with Crippen molar-refractivity contribution in [3.05, 3.63) is 34.6 Å². The van der Waals surface area contributed by atoms with Crippen molar-refractivity contribution in [3.63, 3.8) is 0 Å². The molecule has 1 fully saturated rings. The molecule has 1 aromatic heterocycles. The summed E-state index contributed by atoms with van der Waals surface area (Å²) in [5.74, 6) is -1.95. The summed E-state index contributed by atoms with van der Waals surface area (Å²) in [4.78, 5) is 18.5. The number of carbonyl (C=O) groups excluding carboxylic acids is 1. The first-order chi connectivity index (χ1) is 15.7. The minimum atomic E-state index is -4.82. The molecular weight excluding hydrogens is 498 g/mol. The zero-order valence-electron chi connectivity index (χ0n) is 19.0. The first-order valence-corrected chi connectivity index (χ1v) is 13.2. The molecule has 0 N–H and O–H groups in total. The molecule has 1 aliphatic heterocycles. The van der Waals surface area contributed by atoms with Crippen LogP contribution in [0.4, 0.5) is 28.4 Å². The topological polar surface area (TPSA) is 79.8 Å². The van der Waals surface area contributed by atoms with Crippen molar-refractivity contribution in [2.45, 2.75) is 37.9 Å². The number of nitrogens with zero attached hydrogens (tertiary/aromatic N) is 3. The fourth-order valence-electron chi connectivity index (χ4n) is 3.78. The minimum Gasteiger partial charge on any atom is -0.462 e. The highest BCUT2D eigenvalue weighted by molar-refractivity contribution is 7.90. The van der Waals surface area contributed by atoms with Crippen molar-refractivity contribution in [1.82, 2.24) is 4.98 Å². The van der Waals surface area contributed by atoms with Crippen LogP contribution in [-0.4, -0.2) is 57.9 Å². The molecule has 0 amide bonds. The monoisotopic (exact) mass is 523 g/mol. The lowest BCUT2D eigenvalue weighted by molar-refractivity contribution is -0.141. The molecule has 0 saturated carbocycles. The third kappa shape index (κ3) is 5.45. The van der Waals surface area contributed by atoms with Gasteiger partial charge < -0.3 is 14.5 Å². The molecule has 13 heteroatoms. The average Bonchev–Trinajstić information content (AvgIpc) is 3.19. The number of anilines is 2. The van der Waals surface area contributed by atoms with Crippen molar-refractivity contribution >= 4 is 38.0 Å². The molecular formula is C21H25F4N3O4S2. The summed E-state index contributed by atoms with van der Waals surface area (Å²) in [5.41, 5.74) is -0.776. The summed E-state index contributed by atoms with van der Waals surface area (Å²) in [5, 5.41) is 0.0599. The third-order valence-corrected chi connectivity index (χ3v) is 7.64. The minimum absolute atomic E-state index is 0.0260. The van der Waals surface area contributed by atoms with Crippen LogP contribution >= 0.6 is 11.3 Å². The molecule has 7 nitrogen and oxygen atoms in total. The van der Waals surface area contributed by atoms with Gasteiger partial charge in [0, 0.05) is 31.6 Å². The molecule has 0 bridgehead atoms. The molecule has 2 aromatic rings. The summed E-state index contributed by atoms with van der Waals surface area (Å²) in [6.45, 7) is 6.17. The Bertz CT molecular complexity index is 1170. The fraction of sp³-hybridized carbons (Fsp3) is 0.524. The van der Waals surface area contributed by atoms with Gasteiger partial charge >= 0.3 is 12.1 Å². The van der Waals surface area contributed by atoms with E-state index in [1.54, 1.807) is 4.90 Å². The lowest BCUT2D eigenvalue weighted by atomic mass is 9.99. The van der Waals surface area contributed by atoms with Crippen LogP contribution in [0.5, 0.6) is 0 Å². The number of aromatic nitrogens is 1. The number of carbonyl (C=O) groups is 1. The Morgan fingerprint density at radius 2 is 1.97 bits per heavy atom. The summed E-state index contributed by atoms with van der Waals surface area (Å²) in [6.07, 6.45) is -3.89. The highest BCUT2D eigenvalue weighted by Crippen LogP contribution is 2.39. The van der Waals surface area contributed by atoms with Crippen LogP contribution in [0.25, 0.3) is 0 Å². The molecule has 0 radical (unpaired) electrons. The zero-order chi connectivity index (χ0) is 25.4. The van der Waals surface area contributed by atoms with Gasteiger partial charge in [-0.25, -0.2) is 22.6 Å². The van der Waals surface area contributed by atoms with Gasteiger partial charge in [-0.2, -0.15) is 13.2 Å². The lowest BCUT2D eigenvalue weighted by Gasteiger charge is -2.44. The maximum atomic E-state index is 14.0. The average molecular weight is 524 g/mol. The molecule has 3 rings (SSSR count). The Kier molecular flexibility index (Phi) is 7.46. The van der Waals surface area contributed by atoms with Crippen LogP contribution in [0.2, 0.25) is 0 Å². The van der Waals surface area contributed by atoms with Crippen molar-refractivity contribution in [1.29, 1.82) is 0 Å². The maximum absolute atomic E-state index is 14.0. The van der Waals surface area contributed by atoms with E-state index in [1.807, 2.05) is 18.7 Å².